The monoisotopic (exact) mass is 373 g/mol. The number of nitrogens with zero attached hydrogens (tertiary/aromatic N) is 3. The molecule has 0 aliphatic heterocycles. The SMILES string of the molecule is Clc1ccc(CN(CCBr)Cc2ccc(Cl)nc2)cn1. The van der Waals surface area contributed by atoms with E-state index in [0.717, 1.165) is 36.1 Å². The van der Waals surface area contributed by atoms with Crippen LogP contribution in [-0.2, 0) is 13.1 Å². The van der Waals surface area contributed by atoms with Crippen LogP contribution in [0.5, 0.6) is 0 Å². The summed E-state index contributed by atoms with van der Waals surface area (Å²) in [7, 11) is 0. The fraction of sp³-hybridized carbons (Fsp3) is 0.286. The lowest BCUT2D eigenvalue weighted by atomic mass is 10.2. The summed E-state index contributed by atoms with van der Waals surface area (Å²) in [5.74, 6) is 0. The van der Waals surface area contributed by atoms with Crippen LogP contribution in [0.15, 0.2) is 36.7 Å². The summed E-state index contributed by atoms with van der Waals surface area (Å²) in [6.45, 7) is 2.57. The lowest BCUT2D eigenvalue weighted by Gasteiger charge is -2.21. The molecule has 0 aliphatic rings. The molecule has 20 heavy (non-hydrogen) atoms. The summed E-state index contributed by atoms with van der Waals surface area (Å²) < 4.78 is 0. The molecule has 2 aromatic heterocycles. The Balaban J connectivity index is 2.02. The second kappa shape index (κ2) is 7.93. The normalized spacial score (nSPS) is 11.0. The number of alkyl halides is 1. The van der Waals surface area contributed by atoms with E-state index in [2.05, 4.69) is 30.8 Å². The van der Waals surface area contributed by atoms with E-state index >= 15 is 0 Å². The lowest BCUT2D eigenvalue weighted by Crippen LogP contribution is -2.25. The molecular weight excluding hydrogens is 361 g/mol. The van der Waals surface area contributed by atoms with Crippen molar-refractivity contribution in [2.45, 2.75) is 13.1 Å². The van der Waals surface area contributed by atoms with Gasteiger partial charge in [-0.2, -0.15) is 0 Å². The lowest BCUT2D eigenvalue weighted by molar-refractivity contribution is 0.274. The third kappa shape index (κ3) is 5.02. The average molecular weight is 375 g/mol. The fourth-order valence-corrected chi connectivity index (χ4v) is 2.58. The fourth-order valence-electron chi connectivity index (χ4n) is 1.85. The maximum Gasteiger partial charge on any atom is 0.129 e. The van der Waals surface area contributed by atoms with E-state index in [1.54, 1.807) is 0 Å². The van der Waals surface area contributed by atoms with E-state index in [4.69, 9.17) is 23.2 Å². The standard InChI is InChI=1S/C14H14BrCl2N3/c15-5-6-20(9-11-1-3-13(16)18-7-11)10-12-2-4-14(17)19-8-12/h1-4,7-8H,5-6,9-10H2. The van der Waals surface area contributed by atoms with Crippen LogP contribution in [0, 0.1) is 0 Å². The maximum absolute atomic E-state index is 5.80. The van der Waals surface area contributed by atoms with Crippen molar-refractivity contribution >= 4 is 39.1 Å². The largest absolute Gasteiger partial charge is 0.294 e. The van der Waals surface area contributed by atoms with Gasteiger partial charge in [0.05, 0.1) is 0 Å². The van der Waals surface area contributed by atoms with Crippen LogP contribution in [-0.4, -0.2) is 26.7 Å². The summed E-state index contributed by atoms with van der Waals surface area (Å²) in [6.07, 6.45) is 3.62. The molecule has 0 amide bonds. The van der Waals surface area contributed by atoms with Crippen LogP contribution in [0.4, 0.5) is 0 Å². The van der Waals surface area contributed by atoms with Gasteiger partial charge in [-0.05, 0) is 23.3 Å². The van der Waals surface area contributed by atoms with E-state index in [-0.39, 0.29) is 0 Å². The first-order chi connectivity index (χ1) is 9.67. The Labute approximate surface area is 137 Å². The molecule has 2 heterocycles. The predicted octanol–water partition coefficient (Wildman–Crippen LogP) is 4.18. The molecule has 2 rings (SSSR count). The van der Waals surface area contributed by atoms with Crippen molar-refractivity contribution in [3.8, 4) is 0 Å². The van der Waals surface area contributed by atoms with E-state index in [9.17, 15) is 0 Å². The van der Waals surface area contributed by atoms with Crippen molar-refractivity contribution < 1.29 is 0 Å². The molecule has 0 saturated carbocycles. The highest BCUT2D eigenvalue weighted by molar-refractivity contribution is 9.09. The summed E-state index contributed by atoms with van der Waals surface area (Å²) in [6, 6.07) is 7.62. The molecule has 3 nitrogen and oxygen atoms in total. The van der Waals surface area contributed by atoms with Gasteiger partial charge in [0.2, 0.25) is 0 Å². The Bertz CT molecular complexity index is 484. The van der Waals surface area contributed by atoms with Crippen molar-refractivity contribution in [1.82, 2.24) is 14.9 Å². The van der Waals surface area contributed by atoms with E-state index in [1.807, 2.05) is 36.7 Å². The first-order valence-electron chi connectivity index (χ1n) is 6.16. The van der Waals surface area contributed by atoms with Gasteiger partial charge in [0.1, 0.15) is 10.3 Å². The van der Waals surface area contributed by atoms with Gasteiger partial charge in [-0.15, -0.1) is 0 Å². The van der Waals surface area contributed by atoms with Gasteiger partial charge in [0, 0.05) is 37.4 Å². The molecule has 0 aliphatic carbocycles. The minimum absolute atomic E-state index is 0.516. The van der Waals surface area contributed by atoms with Gasteiger partial charge < -0.3 is 0 Å². The third-order valence-corrected chi connectivity index (χ3v) is 3.59. The van der Waals surface area contributed by atoms with Gasteiger partial charge in [-0.25, -0.2) is 9.97 Å². The number of pyridine rings is 2. The molecule has 0 N–H and O–H groups in total. The minimum atomic E-state index is 0.516. The number of halogens is 3. The smallest absolute Gasteiger partial charge is 0.129 e. The van der Waals surface area contributed by atoms with Crippen molar-refractivity contribution in [2.75, 3.05) is 11.9 Å². The Morgan fingerprint density at radius 3 is 1.75 bits per heavy atom. The molecule has 0 fully saturated rings. The number of aromatic nitrogens is 2. The molecule has 0 atom stereocenters. The zero-order chi connectivity index (χ0) is 14.4. The summed E-state index contributed by atoms with van der Waals surface area (Å²) >= 11 is 15.1. The highest BCUT2D eigenvalue weighted by Crippen LogP contribution is 2.12. The zero-order valence-corrected chi connectivity index (χ0v) is 13.9. The zero-order valence-electron chi connectivity index (χ0n) is 10.8. The molecule has 106 valence electrons. The molecule has 0 bridgehead atoms. The van der Waals surface area contributed by atoms with Crippen molar-refractivity contribution in [1.29, 1.82) is 0 Å². The number of hydrogen-bond acceptors (Lipinski definition) is 3. The third-order valence-electron chi connectivity index (χ3n) is 2.79. The molecular formula is C14H14BrCl2N3. The molecule has 6 heteroatoms. The summed E-state index contributed by atoms with van der Waals surface area (Å²) in [5.41, 5.74) is 2.27. The molecule has 0 spiro atoms. The second-order valence-corrected chi connectivity index (χ2v) is 5.95. The first kappa shape index (κ1) is 15.7. The van der Waals surface area contributed by atoms with Crippen molar-refractivity contribution in [2.24, 2.45) is 0 Å². The first-order valence-corrected chi connectivity index (χ1v) is 8.04. The predicted molar refractivity (Wildman–Crippen MR) is 86.4 cm³/mol. The van der Waals surface area contributed by atoms with Crippen molar-refractivity contribution in [3.63, 3.8) is 0 Å². The topological polar surface area (TPSA) is 29.0 Å². The molecule has 0 saturated heterocycles. The minimum Gasteiger partial charge on any atom is -0.294 e. The average Bonchev–Trinajstić information content (AvgIpc) is 2.44. The Morgan fingerprint density at radius 2 is 1.40 bits per heavy atom. The van der Waals surface area contributed by atoms with Gasteiger partial charge in [0.25, 0.3) is 0 Å². The van der Waals surface area contributed by atoms with Crippen LogP contribution in [0.2, 0.25) is 10.3 Å². The highest BCUT2D eigenvalue weighted by atomic mass is 79.9. The highest BCUT2D eigenvalue weighted by Gasteiger charge is 2.07. The van der Waals surface area contributed by atoms with Gasteiger partial charge >= 0.3 is 0 Å². The van der Waals surface area contributed by atoms with Gasteiger partial charge in [0.15, 0.2) is 0 Å². The van der Waals surface area contributed by atoms with Gasteiger partial charge in [-0.1, -0.05) is 51.3 Å². The number of hydrogen-bond donors (Lipinski definition) is 0. The van der Waals surface area contributed by atoms with Crippen LogP contribution >= 0.6 is 39.1 Å². The number of rotatable bonds is 6. The van der Waals surface area contributed by atoms with Crippen LogP contribution < -0.4 is 0 Å². The molecule has 0 radical (unpaired) electrons. The van der Waals surface area contributed by atoms with E-state index < -0.39 is 0 Å². The maximum atomic E-state index is 5.80. The van der Waals surface area contributed by atoms with Crippen molar-refractivity contribution in [3.05, 3.63) is 58.1 Å². The summed E-state index contributed by atoms with van der Waals surface area (Å²) in [5, 5.41) is 1.94. The second-order valence-electron chi connectivity index (χ2n) is 4.38. The molecule has 0 unspecified atom stereocenters. The Morgan fingerprint density at radius 1 is 0.900 bits per heavy atom. The van der Waals surface area contributed by atoms with Crippen LogP contribution in [0.25, 0.3) is 0 Å². The molecule has 2 aromatic rings. The van der Waals surface area contributed by atoms with E-state index in [1.165, 1.54) is 0 Å². The van der Waals surface area contributed by atoms with Crippen LogP contribution in [0.3, 0.4) is 0 Å². The van der Waals surface area contributed by atoms with Gasteiger partial charge in [-0.3, -0.25) is 4.90 Å². The Hall–Kier alpha value is -0.680. The Kier molecular flexibility index (Phi) is 6.23. The summed E-state index contributed by atoms with van der Waals surface area (Å²) in [4.78, 5) is 10.5. The molecule has 0 aromatic carbocycles. The van der Waals surface area contributed by atoms with E-state index in [0.29, 0.717) is 10.3 Å². The quantitative estimate of drug-likeness (QED) is 0.561. The van der Waals surface area contributed by atoms with Crippen LogP contribution in [0.1, 0.15) is 11.1 Å².